The van der Waals surface area contributed by atoms with Gasteiger partial charge in [0, 0.05) is 11.3 Å². The van der Waals surface area contributed by atoms with Crippen molar-refractivity contribution in [1.82, 2.24) is 15.4 Å². The van der Waals surface area contributed by atoms with E-state index in [-0.39, 0.29) is 22.4 Å². The van der Waals surface area contributed by atoms with E-state index in [1.54, 1.807) is 13.8 Å². The zero-order valence-corrected chi connectivity index (χ0v) is 17.2. The first-order valence-corrected chi connectivity index (χ1v) is 11.1. The van der Waals surface area contributed by atoms with Crippen molar-refractivity contribution in [3.05, 3.63) is 35.5 Å². The largest absolute Gasteiger partial charge is 0.374 e. The van der Waals surface area contributed by atoms with E-state index < -0.39 is 10.0 Å². The van der Waals surface area contributed by atoms with E-state index in [0.717, 1.165) is 0 Å². The number of nitrogens with one attached hydrogen (secondary N) is 2. The highest BCUT2D eigenvalue weighted by atomic mass is 32.2. The third kappa shape index (κ3) is 4.79. The van der Waals surface area contributed by atoms with Crippen molar-refractivity contribution in [1.29, 1.82) is 0 Å². The van der Waals surface area contributed by atoms with E-state index in [4.69, 9.17) is 10.3 Å². The summed E-state index contributed by atoms with van der Waals surface area (Å²) in [4.78, 5) is 12.0. The van der Waals surface area contributed by atoms with Crippen molar-refractivity contribution in [3.8, 4) is 0 Å². The van der Waals surface area contributed by atoms with Gasteiger partial charge in [0.05, 0.1) is 16.3 Å². The lowest BCUT2D eigenvalue weighted by atomic mass is 10.3. The smallest absolute Gasteiger partial charge is 0.264 e. The number of aromatic nitrogens is 3. The summed E-state index contributed by atoms with van der Waals surface area (Å²) in [5.74, 6) is -0.0649. The van der Waals surface area contributed by atoms with Gasteiger partial charge < -0.3 is 15.6 Å². The molecule has 0 saturated heterocycles. The Balaban J connectivity index is 1.60. The Morgan fingerprint density at radius 1 is 1.25 bits per heavy atom. The second kappa shape index (κ2) is 8.16. The number of sulfonamides is 1. The molecule has 0 saturated carbocycles. The van der Waals surface area contributed by atoms with Crippen LogP contribution in [0.15, 0.2) is 38.0 Å². The topological polar surface area (TPSA) is 153 Å². The van der Waals surface area contributed by atoms with E-state index in [9.17, 15) is 13.2 Å². The molecule has 0 aliphatic rings. The van der Waals surface area contributed by atoms with Gasteiger partial charge in [-0.15, -0.1) is 10.2 Å². The number of thioether (sulfide) groups is 1. The van der Waals surface area contributed by atoms with Gasteiger partial charge in [0.1, 0.15) is 0 Å². The van der Waals surface area contributed by atoms with Crippen LogP contribution in [0.5, 0.6) is 0 Å². The van der Waals surface area contributed by atoms with E-state index >= 15 is 0 Å². The second-order valence-electron chi connectivity index (χ2n) is 5.60. The molecule has 0 aliphatic heterocycles. The molecular weight excluding hydrogens is 424 g/mol. The number of nitrogen functional groups attached to an aromatic ring is 1. The average molecular weight is 441 g/mol. The second-order valence-corrected chi connectivity index (χ2v) is 9.51. The van der Waals surface area contributed by atoms with E-state index in [1.807, 2.05) is 0 Å². The summed E-state index contributed by atoms with van der Waals surface area (Å²) in [6.07, 6.45) is 0. The number of nitrogens with two attached hydrogens (primary N) is 1. The van der Waals surface area contributed by atoms with Crippen LogP contribution < -0.4 is 15.8 Å². The highest BCUT2D eigenvalue weighted by Gasteiger charge is 2.19. The minimum Gasteiger partial charge on any atom is -0.374 e. The number of anilines is 3. The lowest BCUT2D eigenvalue weighted by molar-refractivity contribution is -0.113. The number of aryl methyl sites for hydroxylation is 1. The summed E-state index contributed by atoms with van der Waals surface area (Å²) in [6.45, 7) is 3.42. The van der Waals surface area contributed by atoms with Gasteiger partial charge >= 0.3 is 0 Å². The van der Waals surface area contributed by atoms with E-state index in [1.165, 1.54) is 47.4 Å². The molecule has 0 atom stereocenters. The van der Waals surface area contributed by atoms with Crippen LogP contribution in [0.4, 0.5) is 16.7 Å². The lowest BCUT2D eigenvalue weighted by Gasteiger charge is -2.08. The van der Waals surface area contributed by atoms with Crippen LogP contribution in [0.1, 0.15) is 11.3 Å². The van der Waals surface area contributed by atoms with Crippen molar-refractivity contribution in [2.24, 2.45) is 0 Å². The molecule has 2 heterocycles. The highest BCUT2D eigenvalue weighted by molar-refractivity contribution is 8.01. The summed E-state index contributed by atoms with van der Waals surface area (Å²) in [6, 6.07) is 5.77. The van der Waals surface area contributed by atoms with Gasteiger partial charge in [0.15, 0.2) is 4.34 Å². The monoisotopic (exact) mass is 440 g/mol. The predicted octanol–water partition coefficient (Wildman–Crippen LogP) is 2.26. The first-order valence-electron chi connectivity index (χ1n) is 7.82. The molecule has 10 nitrogen and oxygen atoms in total. The van der Waals surface area contributed by atoms with Crippen molar-refractivity contribution in [3.63, 3.8) is 0 Å². The van der Waals surface area contributed by atoms with Crippen LogP contribution in [0.3, 0.4) is 0 Å². The lowest BCUT2D eigenvalue weighted by Crippen LogP contribution is -2.15. The summed E-state index contributed by atoms with van der Waals surface area (Å²) >= 11 is 2.41. The van der Waals surface area contributed by atoms with Crippen LogP contribution in [0.25, 0.3) is 0 Å². The molecule has 3 aromatic rings. The Kier molecular flexibility index (Phi) is 5.86. The molecule has 1 aromatic carbocycles. The first-order chi connectivity index (χ1) is 13.2. The van der Waals surface area contributed by atoms with E-state index in [0.29, 0.717) is 26.4 Å². The van der Waals surface area contributed by atoms with Gasteiger partial charge in [0.2, 0.25) is 16.9 Å². The molecule has 0 radical (unpaired) electrons. The molecular formula is C15H16N6O4S3. The minimum absolute atomic E-state index is 0.0256. The van der Waals surface area contributed by atoms with Crippen LogP contribution in [0, 0.1) is 13.8 Å². The van der Waals surface area contributed by atoms with Gasteiger partial charge in [-0.2, -0.15) is 0 Å². The van der Waals surface area contributed by atoms with Gasteiger partial charge in [-0.25, -0.2) is 13.1 Å². The molecule has 3 rings (SSSR count). The number of hydrogen-bond donors (Lipinski definition) is 3. The Bertz CT molecular complexity index is 1090. The predicted molar refractivity (Wildman–Crippen MR) is 107 cm³/mol. The summed E-state index contributed by atoms with van der Waals surface area (Å²) in [7, 11) is -3.84. The van der Waals surface area contributed by atoms with Crippen molar-refractivity contribution < 1.29 is 17.7 Å². The molecule has 0 fully saturated rings. The molecule has 2 aromatic heterocycles. The van der Waals surface area contributed by atoms with Gasteiger partial charge in [0.25, 0.3) is 10.0 Å². The summed E-state index contributed by atoms with van der Waals surface area (Å²) in [5.41, 5.74) is 7.16. The van der Waals surface area contributed by atoms with E-state index in [2.05, 4.69) is 25.4 Å². The number of carbonyl (C=O) groups is 1. The Morgan fingerprint density at radius 2 is 1.96 bits per heavy atom. The summed E-state index contributed by atoms with van der Waals surface area (Å²) < 4.78 is 32.8. The number of hydrogen-bond acceptors (Lipinski definition) is 10. The third-order valence-corrected chi connectivity index (χ3v) is 6.81. The first kappa shape index (κ1) is 20.1. The molecule has 0 unspecified atom stereocenters. The molecule has 28 heavy (non-hydrogen) atoms. The number of rotatable bonds is 7. The van der Waals surface area contributed by atoms with Crippen LogP contribution in [-0.4, -0.2) is 35.4 Å². The maximum absolute atomic E-state index is 12.4. The third-order valence-electron chi connectivity index (χ3n) is 3.58. The quantitative estimate of drug-likeness (QED) is 0.469. The molecule has 0 aliphatic carbocycles. The Labute approximate surface area is 169 Å². The van der Waals surface area contributed by atoms with Crippen LogP contribution >= 0.6 is 23.1 Å². The Hall–Kier alpha value is -2.64. The van der Waals surface area contributed by atoms with Crippen molar-refractivity contribution >= 4 is 55.7 Å². The molecule has 13 heteroatoms. The number of carbonyl (C=O) groups excluding carboxylic acids is 1. The molecule has 148 valence electrons. The van der Waals surface area contributed by atoms with Crippen LogP contribution in [0.2, 0.25) is 0 Å². The highest BCUT2D eigenvalue weighted by Crippen LogP contribution is 2.24. The molecule has 0 spiro atoms. The SMILES string of the molecule is Cc1noc(NS(=O)(=O)c2ccc(NC(=O)CSc3nnc(N)s3)cc2)c1C. The van der Waals surface area contributed by atoms with Crippen LogP contribution in [-0.2, 0) is 14.8 Å². The number of nitrogens with zero attached hydrogens (tertiary/aromatic N) is 3. The zero-order valence-electron chi connectivity index (χ0n) is 14.8. The average Bonchev–Trinajstić information content (AvgIpc) is 3.20. The summed E-state index contributed by atoms with van der Waals surface area (Å²) in [5, 5.41) is 14.2. The number of amides is 1. The zero-order chi connectivity index (χ0) is 20.3. The van der Waals surface area contributed by atoms with Crippen molar-refractivity contribution in [2.75, 3.05) is 21.5 Å². The van der Waals surface area contributed by atoms with Gasteiger partial charge in [-0.1, -0.05) is 28.3 Å². The fraction of sp³-hybridized carbons (Fsp3) is 0.200. The van der Waals surface area contributed by atoms with Gasteiger partial charge in [-0.3, -0.25) is 4.79 Å². The fourth-order valence-corrected chi connectivity index (χ4v) is 4.49. The Morgan fingerprint density at radius 3 is 2.54 bits per heavy atom. The minimum atomic E-state index is -3.84. The normalized spacial score (nSPS) is 11.4. The maximum Gasteiger partial charge on any atom is 0.264 e. The molecule has 4 N–H and O–H groups in total. The van der Waals surface area contributed by atoms with Crippen molar-refractivity contribution in [2.45, 2.75) is 23.1 Å². The molecule has 1 amide bonds. The molecule has 0 bridgehead atoms. The maximum atomic E-state index is 12.4. The standard InChI is InChI=1S/C15H16N6O4S3/c1-8-9(2)20-25-13(8)21-28(23,24)11-5-3-10(4-6-11)17-12(22)7-26-15-19-18-14(16)27-15/h3-6,21H,7H2,1-2H3,(H2,16,18)(H,17,22). The van der Waals surface area contributed by atoms with Gasteiger partial charge in [-0.05, 0) is 38.1 Å². The fourth-order valence-electron chi connectivity index (χ4n) is 2.01. The number of benzene rings is 1.